The predicted octanol–water partition coefficient (Wildman–Crippen LogP) is 3.28. The first-order valence-electron chi connectivity index (χ1n) is 11.0. The van der Waals surface area contributed by atoms with E-state index in [1.165, 1.54) is 11.0 Å². The minimum Gasteiger partial charge on any atom is -0.454 e. The number of sulfonamides is 1. The molecule has 1 heterocycles. The average Bonchev–Trinajstić information content (AvgIpc) is 3.22. The van der Waals surface area contributed by atoms with Gasteiger partial charge in [0.05, 0.1) is 11.9 Å². The number of anilines is 1. The van der Waals surface area contributed by atoms with Gasteiger partial charge in [-0.25, -0.2) is 8.42 Å². The number of nitrogens with one attached hydrogen (secondary N) is 1. The van der Waals surface area contributed by atoms with Crippen molar-refractivity contribution < 1.29 is 27.5 Å². The molecule has 9 nitrogen and oxygen atoms in total. The van der Waals surface area contributed by atoms with Crippen LogP contribution < -0.4 is 19.1 Å². The monoisotopic (exact) mass is 567 g/mol. The lowest BCUT2D eigenvalue weighted by Crippen LogP contribution is -2.54. The lowest BCUT2D eigenvalue weighted by Gasteiger charge is -2.33. The minimum atomic E-state index is -3.83. The molecule has 2 amide bonds. The second-order valence-corrected chi connectivity index (χ2v) is 12.2. The van der Waals surface area contributed by atoms with E-state index in [9.17, 15) is 18.0 Å². The third kappa shape index (κ3) is 7.11. The minimum absolute atomic E-state index is 0.0396. The van der Waals surface area contributed by atoms with Crippen molar-refractivity contribution in [3.63, 3.8) is 0 Å². The highest BCUT2D eigenvalue weighted by atomic mass is 79.9. The van der Waals surface area contributed by atoms with E-state index in [4.69, 9.17) is 9.47 Å². The molecule has 0 unspecified atom stereocenters. The standard InChI is InChI=1S/C24H30BrN3O6S/c1-16(23(30)26-24(2,3)4)27(13-17-6-8-18(25)9-7-17)22(29)14-28(35(5,31)32)19-10-11-20-21(12-19)34-15-33-20/h6-12,16H,13-15H2,1-5H3,(H,26,30)/t16-/m0/s1. The number of benzene rings is 2. The summed E-state index contributed by atoms with van der Waals surface area (Å²) in [5.74, 6) is 0.0376. The molecule has 2 aromatic carbocycles. The van der Waals surface area contributed by atoms with Crippen molar-refractivity contribution in [2.75, 3.05) is 23.9 Å². The Bertz CT molecular complexity index is 1190. The highest BCUT2D eigenvalue weighted by Gasteiger charge is 2.32. The summed E-state index contributed by atoms with van der Waals surface area (Å²) >= 11 is 3.39. The van der Waals surface area contributed by atoms with Crippen molar-refractivity contribution in [2.45, 2.75) is 45.8 Å². The van der Waals surface area contributed by atoms with Gasteiger partial charge in [0.25, 0.3) is 0 Å². The molecular weight excluding hydrogens is 538 g/mol. The van der Waals surface area contributed by atoms with Crippen LogP contribution in [-0.4, -0.2) is 56.3 Å². The zero-order chi connectivity index (χ0) is 26.0. The van der Waals surface area contributed by atoms with E-state index in [2.05, 4.69) is 21.2 Å². The van der Waals surface area contributed by atoms with Gasteiger partial charge in [0.1, 0.15) is 12.6 Å². The fourth-order valence-electron chi connectivity index (χ4n) is 3.50. The number of nitrogens with zero attached hydrogens (tertiary/aromatic N) is 2. The molecule has 0 saturated carbocycles. The molecule has 11 heteroatoms. The summed E-state index contributed by atoms with van der Waals surface area (Å²) < 4.78 is 37.9. The summed E-state index contributed by atoms with van der Waals surface area (Å²) in [6, 6.07) is 11.2. The number of halogens is 1. The third-order valence-corrected chi connectivity index (χ3v) is 6.92. The molecule has 0 aliphatic carbocycles. The molecule has 3 rings (SSSR count). The number of hydrogen-bond donors (Lipinski definition) is 1. The Morgan fingerprint density at radius 1 is 1.09 bits per heavy atom. The molecule has 1 atom stereocenters. The first-order valence-corrected chi connectivity index (χ1v) is 13.6. The Kier molecular flexibility index (Phi) is 8.00. The molecule has 0 spiro atoms. The largest absolute Gasteiger partial charge is 0.454 e. The smallest absolute Gasteiger partial charge is 0.244 e. The Morgan fingerprint density at radius 3 is 2.31 bits per heavy atom. The second kappa shape index (κ2) is 10.4. The maximum absolute atomic E-state index is 13.6. The lowest BCUT2D eigenvalue weighted by molar-refractivity contribution is -0.140. The quantitative estimate of drug-likeness (QED) is 0.524. The van der Waals surface area contributed by atoms with Gasteiger partial charge in [0, 0.05) is 22.6 Å². The van der Waals surface area contributed by atoms with Crippen LogP contribution >= 0.6 is 15.9 Å². The van der Waals surface area contributed by atoms with Gasteiger partial charge in [0.15, 0.2) is 11.5 Å². The van der Waals surface area contributed by atoms with Gasteiger partial charge in [0.2, 0.25) is 28.6 Å². The predicted molar refractivity (Wildman–Crippen MR) is 137 cm³/mol. The van der Waals surface area contributed by atoms with Crippen LogP contribution in [0.3, 0.4) is 0 Å². The van der Waals surface area contributed by atoms with E-state index in [-0.39, 0.29) is 24.9 Å². The van der Waals surface area contributed by atoms with Crippen LogP contribution in [-0.2, 0) is 26.2 Å². The molecule has 1 aliphatic heterocycles. The first-order chi connectivity index (χ1) is 16.2. The molecule has 1 N–H and O–H groups in total. The van der Waals surface area contributed by atoms with E-state index in [1.54, 1.807) is 19.1 Å². The van der Waals surface area contributed by atoms with Crippen LogP contribution in [0.5, 0.6) is 11.5 Å². The Morgan fingerprint density at radius 2 is 1.71 bits per heavy atom. The fourth-order valence-corrected chi connectivity index (χ4v) is 4.60. The van der Waals surface area contributed by atoms with Crippen LogP contribution in [0.15, 0.2) is 46.9 Å². The number of ether oxygens (including phenoxy) is 2. The third-order valence-electron chi connectivity index (χ3n) is 5.26. The van der Waals surface area contributed by atoms with Crippen molar-refractivity contribution in [1.82, 2.24) is 10.2 Å². The summed E-state index contributed by atoms with van der Waals surface area (Å²) in [7, 11) is -3.83. The van der Waals surface area contributed by atoms with Gasteiger partial charge >= 0.3 is 0 Å². The molecule has 190 valence electrons. The molecule has 0 aromatic heterocycles. The van der Waals surface area contributed by atoms with E-state index >= 15 is 0 Å². The Balaban J connectivity index is 1.91. The number of amides is 2. The zero-order valence-corrected chi connectivity index (χ0v) is 22.8. The number of hydrogen-bond acceptors (Lipinski definition) is 6. The maximum Gasteiger partial charge on any atom is 0.244 e. The highest BCUT2D eigenvalue weighted by molar-refractivity contribution is 9.10. The molecule has 2 aromatic rings. The zero-order valence-electron chi connectivity index (χ0n) is 20.4. The van der Waals surface area contributed by atoms with Gasteiger partial charge < -0.3 is 19.7 Å². The number of rotatable bonds is 8. The van der Waals surface area contributed by atoms with E-state index in [0.29, 0.717) is 11.5 Å². The summed E-state index contributed by atoms with van der Waals surface area (Å²) in [5, 5.41) is 2.89. The SMILES string of the molecule is C[C@@H](C(=O)NC(C)(C)C)N(Cc1ccc(Br)cc1)C(=O)CN(c1ccc2c(c1)OCO2)S(C)(=O)=O. The van der Waals surface area contributed by atoms with Crippen molar-refractivity contribution in [1.29, 1.82) is 0 Å². The molecular formula is C24H30BrN3O6S. The summed E-state index contributed by atoms with van der Waals surface area (Å²) in [6.07, 6.45) is 1.03. The number of carbonyl (C=O) groups is 2. The van der Waals surface area contributed by atoms with Crippen molar-refractivity contribution in [3.05, 3.63) is 52.5 Å². The van der Waals surface area contributed by atoms with Gasteiger partial charge in [-0.15, -0.1) is 0 Å². The molecule has 1 aliphatic rings. The Hall–Kier alpha value is -2.79. The van der Waals surface area contributed by atoms with Gasteiger partial charge in [-0.3, -0.25) is 13.9 Å². The van der Waals surface area contributed by atoms with Crippen LogP contribution in [0.2, 0.25) is 0 Å². The Labute approximate surface area is 214 Å². The first kappa shape index (κ1) is 26.8. The van der Waals surface area contributed by atoms with Gasteiger partial charge in [-0.2, -0.15) is 0 Å². The topological polar surface area (TPSA) is 105 Å². The molecule has 35 heavy (non-hydrogen) atoms. The molecule has 0 fully saturated rings. The summed E-state index contributed by atoms with van der Waals surface area (Å²) in [6.45, 7) is 6.86. The molecule has 0 radical (unpaired) electrons. The highest BCUT2D eigenvalue weighted by Crippen LogP contribution is 2.36. The molecule has 0 saturated heterocycles. The van der Waals surface area contributed by atoms with E-state index in [0.717, 1.165) is 20.6 Å². The van der Waals surface area contributed by atoms with Crippen molar-refractivity contribution in [3.8, 4) is 11.5 Å². The summed E-state index contributed by atoms with van der Waals surface area (Å²) in [4.78, 5) is 27.9. The van der Waals surface area contributed by atoms with Crippen LogP contribution in [0.1, 0.15) is 33.3 Å². The van der Waals surface area contributed by atoms with Gasteiger partial charge in [-0.1, -0.05) is 28.1 Å². The normalized spacial score (nSPS) is 13.8. The van der Waals surface area contributed by atoms with Crippen LogP contribution in [0, 0.1) is 0 Å². The van der Waals surface area contributed by atoms with Crippen molar-refractivity contribution >= 4 is 43.5 Å². The van der Waals surface area contributed by atoms with Crippen LogP contribution in [0.4, 0.5) is 5.69 Å². The summed E-state index contributed by atoms with van der Waals surface area (Å²) in [5.41, 5.74) is 0.564. The fraction of sp³-hybridized carbons (Fsp3) is 0.417. The average molecular weight is 568 g/mol. The maximum atomic E-state index is 13.6. The molecule has 0 bridgehead atoms. The lowest BCUT2D eigenvalue weighted by atomic mass is 10.1. The number of carbonyl (C=O) groups excluding carboxylic acids is 2. The van der Waals surface area contributed by atoms with Crippen molar-refractivity contribution in [2.24, 2.45) is 0 Å². The number of fused-ring (bicyclic) bond motifs is 1. The van der Waals surface area contributed by atoms with Gasteiger partial charge in [-0.05, 0) is 57.5 Å². The second-order valence-electron chi connectivity index (χ2n) is 9.37. The van der Waals surface area contributed by atoms with E-state index in [1.807, 2.05) is 45.0 Å². The van der Waals surface area contributed by atoms with Crippen LogP contribution in [0.25, 0.3) is 0 Å². The van der Waals surface area contributed by atoms with E-state index < -0.39 is 34.1 Å².